The van der Waals surface area contributed by atoms with Crippen molar-refractivity contribution >= 4 is 51.2 Å². The average Bonchev–Trinajstić information content (AvgIpc) is 3.23. The van der Waals surface area contributed by atoms with Gasteiger partial charge in [-0.05, 0) is 148 Å². The van der Waals surface area contributed by atoms with E-state index in [4.69, 9.17) is 0 Å². The zero-order valence-corrected chi connectivity index (χ0v) is 31.9. The first-order valence-electron chi connectivity index (χ1n) is 18.9. The molecule has 0 spiro atoms. The molecule has 0 aromatic heterocycles. The van der Waals surface area contributed by atoms with Crippen LogP contribution in [0.15, 0.2) is 200 Å². The van der Waals surface area contributed by atoms with Crippen molar-refractivity contribution < 1.29 is 0 Å². The maximum atomic E-state index is 2.34. The third kappa shape index (κ3) is 7.78. The summed E-state index contributed by atoms with van der Waals surface area (Å²) in [7, 11) is 0. The van der Waals surface area contributed by atoms with Crippen LogP contribution >= 0.6 is 0 Å². The highest BCUT2D eigenvalue weighted by Crippen LogP contribution is 2.41. The molecule has 268 valence electrons. The van der Waals surface area contributed by atoms with E-state index in [0.29, 0.717) is 0 Å². The molecule has 0 bridgehead atoms. The first kappa shape index (κ1) is 35.2. The maximum Gasteiger partial charge on any atom is 0.0463 e. The van der Waals surface area contributed by atoms with Gasteiger partial charge in [0.2, 0.25) is 0 Å². The molecule has 0 aliphatic carbocycles. The minimum absolute atomic E-state index is 1.07. The molecule has 0 unspecified atom stereocenters. The highest BCUT2D eigenvalue weighted by Gasteiger charge is 2.18. The van der Waals surface area contributed by atoms with Crippen molar-refractivity contribution in [1.82, 2.24) is 0 Å². The SMILES string of the molecule is Cc1ccc(N(c2ccc(C)cc2)c2ccc(N(c3ccc(-c4ccccc4)cc3)c3ccc(N(c4ccc(C)cc4)c4ccc(C)cc4)cc3)cc2)cc1. The van der Waals surface area contributed by atoms with Crippen molar-refractivity contribution in [2.75, 3.05) is 14.7 Å². The van der Waals surface area contributed by atoms with E-state index in [9.17, 15) is 0 Å². The molecule has 8 aromatic carbocycles. The first-order valence-corrected chi connectivity index (χ1v) is 18.9. The van der Waals surface area contributed by atoms with Gasteiger partial charge in [0.15, 0.2) is 0 Å². The molecule has 0 N–H and O–H groups in total. The third-order valence-electron chi connectivity index (χ3n) is 10.1. The standard InChI is InChI=1S/C52H45N3/c1-38-10-20-44(21-11-38)53(45-22-12-39(2)13-23-45)49-30-34-51(35-31-49)55(48-28-18-43(19-29-48)42-8-6-5-7-9-42)52-36-32-50(33-37-52)54(46-24-14-40(3)15-25-46)47-26-16-41(4)17-27-47/h5-37H,1-4H3. The number of aryl methyl sites for hydroxylation is 4. The van der Waals surface area contributed by atoms with Crippen molar-refractivity contribution in [2.24, 2.45) is 0 Å². The van der Waals surface area contributed by atoms with Crippen molar-refractivity contribution in [2.45, 2.75) is 27.7 Å². The predicted octanol–water partition coefficient (Wildman–Crippen LogP) is 15.0. The molecular formula is C52H45N3. The Labute approximate surface area is 326 Å². The molecule has 0 saturated carbocycles. The van der Waals surface area contributed by atoms with Gasteiger partial charge in [0.1, 0.15) is 0 Å². The molecule has 0 radical (unpaired) electrons. The largest absolute Gasteiger partial charge is 0.311 e. The number of hydrogen-bond donors (Lipinski definition) is 0. The van der Waals surface area contributed by atoms with Crippen LogP contribution in [0.25, 0.3) is 11.1 Å². The van der Waals surface area contributed by atoms with Gasteiger partial charge in [-0.3, -0.25) is 0 Å². The Morgan fingerprint density at radius 1 is 0.200 bits per heavy atom. The number of anilines is 9. The highest BCUT2D eigenvalue weighted by molar-refractivity contribution is 5.84. The summed E-state index contributed by atoms with van der Waals surface area (Å²) in [5, 5.41) is 0. The van der Waals surface area contributed by atoms with Crippen LogP contribution in [0, 0.1) is 27.7 Å². The van der Waals surface area contributed by atoms with Crippen LogP contribution in [0.4, 0.5) is 51.2 Å². The Kier molecular flexibility index (Phi) is 10.0. The molecule has 0 saturated heterocycles. The molecule has 0 aliphatic heterocycles. The summed E-state index contributed by atoms with van der Waals surface area (Å²) in [6, 6.07) is 72.2. The lowest BCUT2D eigenvalue weighted by molar-refractivity contribution is 1.24. The molecule has 3 nitrogen and oxygen atoms in total. The molecule has 0 heterocycles. The monoisotopic (exact) mass is 711 g/mol. The van der Waals surface area contributed by atoms with Crippen molar-refractivity contribution in [3.63, 3.8) is 0 Å². The van der Waals surface area contributed by atoms with Crippen LogP contribution in [0.1, 0.15) is 22.3 Å². The lowest BCUT2D eigenvalue weighted by atomic mass is 10.0. The molecule has 0 atom stereocenters. The molecule has 3 heteroatoms. The summed E-state index contributed by atoms with van der Waals surface area (Å²) < 4.78 is 0. The summed E-state index contributed by atoms with van der Waals surface area (Å²) in [5.41, 5.74) is 17.3. The molecule has 8 rings (SSSR count). The minimum Gasteiger partial charge on any atom is -0.311 e. The van der Waals surface area contributed by atoms with Crippen LogP contribution in [0.2, 0.25) is 0 Å². The fourth-order valence-corrected chi connectivity index (χ4v) is 7.05. The number of benzene rings is 8. The predicted molar refractivity (Wildman–Crippen MR) is 235 cm³/mol. The van der Waals surface area contributed by atoms with Crippen molar-refractivity contribution in [1.29, 1.82) is 0 Å². The van der Waals surface area contributed by atoms with Gasteiger partial charge in [-0.1, -0.05) is 113 Å². The second kappa shape index (κ2) is 15.6. The van der Waals surface area contributed by atoms with E-state index in [1.807, 2.05) is 0 Å². The summed E-state index contributed by atoms with van der Waals surface area (Å²) in [6.45, 7) is 8.52. The normalized spacial score (nSPS) is 10.9. The van der Waals surface area contributed by atoms with E-state index in [1.54, 1.807) is 0 Å². The molecule has 0 fully saturated rings. The molecule has 0 amide bonds. The van der Waals surface area contributed by atoms with Crippen LogP contribution in [-0.2, 0) is 0 Å². The van der Waals surface area contributed by atoms with Crippen molar-refractivity contribution in [3.8, 4) is 11.1 Å². The second-order valence-corrected chi connectivity index (χ2v) is 14.3. The number of hydrogen-bond acceptors (Lipinski definition) is 3. The quantitative estimate of drug-likeness (QED) is 0.140. The molecular weight excluding hydrogens is 667 g/mol. The summed E-state index contributed by atoms with van der Waals surface area (Å²) in [5.74, 6) is 0. The van der Waals surface area contributed by atoms with E-state index in [-0.39, 0.29) is 0 Å². The highest BCUT2D eigenvalue weighted by atomic mass is 15.2. The van der Waals surface area contributed by atoms with Gasteiger partial charge in [0, 0.05) is 51.2 Å². The van der Waals surface area contributed by atoms with E-state index >= 15 is 0 Å². The van der Waals surface area contributed by atoms with Gasteiger partial charge in [-0.15, -0.1) is 0 Å². The molecule has 8 aromatic rings. The van der Waals surface area contributed by atoms with Gasteiger partial charge in [-0.25, -0.2) is 0 Å². The average molecular weight is 712 g/mol. The fourth-order valence-electron chi connectivity index (χ4n) is 7.05. The van der Waals surface area contributed by atoms with Gasteiger partial charge < -0.3 is 14.7 Å². The molecule has 0 aliphatic rings. The zero-order valence-electron chi connectivity index (χ0n) is 31.9. The number of rotatable bonds is 10. The Bertz CT molecular complexity index is 2220. The lowest BCUT2D eigenvalue weighted by Gasteiger charge is -2.29. The third-order valence-corrected chi connectivity index (χ3v) is 10.1. The van der Waals surface area contributed by atoms with Crippen LogP contribution in [0.5, 0.6) is 0 Å². The van der Waals surface area contributed by atoms with E-state index < -0.39 is 0 Å². The summed E-state index contributed by atoms with van der Waals surface area (Å²) in [4.78, 5) is 6.98. The van der Waals surface area contributed by atoms with Gasteiger partial charge >= 0.3 is 0 Å². The summed E-state index contributed by atoms with van der Waals surface area (Å²) in [6.07, 6.45) is 0. The Morgan fingerprint density at radius 2 is 0.382 bits per heavy atom. The van der Waals surface area contributed by atoms with E-state index in [0.717, 1.165) is 51.2 Å². The minimum atomic E-state index is 1.07. The van der Waals surface area contributed by atoms with Gasteiger partial charge in [0.05, 0.1) is 0 Å². The van der Waals surface area contributed by atoms with E-state index in [2.05, 4.69) is 243 Å². The Morgan fingerprint density at radius 3 is 0.618 bits per heavy atom. The Hall–Kier alpha value is -6.84. The van der Waals surface area contributed by atoms with Gasteiger partial charge in [0.25, 0.3) is 0 Å². The Balaban J connectivity index is 1.20. The molecule has 55 heavy (non-hydrogen) atoms. The van der Waals surface area contributed by atoms with Crippen molar-refractivity contribution in [3.05, 3.63) is 222 Å². The van der Waals surface area contributed by atoms with Crippen LogP contribution < -0.4 is 14.7 Å². The topological polar surface area (TPSA) is 9.72 Å². The van der Waals surface area contributed by atoms with Crippen LogP contribution in [0.3, 0.4) is 0 Å². The summed E-state index contributed by atoms with van der Waals surface area (Å²) >= 11 is 0. The smallest absolute Gasteiger partial charge is 0.0463 e. The van der Waals surface area contributed by atoms with Crippen LogP contribution in [-0.4, -0.2) is 0 Å². The lowest BCUT2D eigenvalue weighted by Crippen LogP contribution is -2.13. The fraction of sp³-hybridized carbons (Fsp3) is 0.0769. The van der Waals surface area contributed by atoms with E-state index in [1.165, 1.54) is 33.4 Å². The number of nitrogens with zero attached hydrogens (tertiary/aromatic N) is 3. The zero-order chi connectivity index (χ0) is 37.7. The second-order valence-electron chi connectivity index (χ2n) is 14.3. The van der Waals surface area contributed by atoms with Gasteiger partial charge in [-0.2, -0.15) is 0 Å². The maximum absolute atomic E-state index is 2.34. The first-order chi connectivity index (χ1) is 26.9.